The largest absolute Gasteiger partial charge is 0.497 e. The molecule has 1 N–H and O–H groups in total. The Labute approximate surface area is 249 Å². The molecular formula is C34H31N3O4S. The van der Waals surface area contributed by atoms with Crippen molar-refractivity contribution in [3.8, 4) is 11.5 Å². The topological polar surface area (TPSA) is 80.2 Å². The highest BCUT2D eigenvalue weighted by atomic mass is 32.2. The van der Waals surface area contributed by atoms with E-state index < -0.39 is 0 Å². The van der Waals surface area contributed by atoms with Crippen LogP contribution in [0.25, 0.3) is 6.08 Å². The summed E-state index contributed by atoms with van der Waals surface area (Å²) in [5, 5.41) is 3.47. The number of aryl methyl sites for hydroxylation is 2. The lowest BCUT2D eigenvalue weighted by Gasteiger charge is -2.16. The summed E-state index contributed by atoms with van der Waals surface area (Å²) >= 11 is 1.33. The van der Waals surface area contributed by atoms with Crippen molar-refractivity contribution >= 4 is 46.2 Å². The van der Waals surface area contributed by atoms with Gasteiger partial charge in [-0.2, -0.15) is 0 Å². The lowest BCUT2D eigenvalue weighted by atomic mass is 10.1. The molecule has 1 aliphatic rings. The van der Waals surface area contributed by atoms with Crippen LogP contribution in [-0.2, 0) is 16.1 Å². The Morgan fingerprint density at radius 2 is 1.69 bits per heavy atom. The number of methoxy groups -OCH3 is 1. The van der Waals surface area contributed by atoms with Crippen LogP contribution in [0.2, 0.25) is 0 Å². The van der Waals surface area contributed by atoms with Gasteiger partial charge in [-0.15, -0.1) is 0 Å². The first-order chi connectivity index (χ1) is 20.4. The fraction of sp³-hybridized carbons (Fsp3) is 0.147. The zero-order valence-electron chi connectivity index (χ0n) is 23.7. The average Bonchev–Trinajstić information content (AvgIpc) is 3.27. The van der Waals surface area contributed by atoms with Gasteiger partial charge in [0.1, 0.15) is 11.5 Å². The molecule has 0 spiro atoms. The quantitative estimate of drug-likeness (QED) is 0.214. The Morgan fingerprint density at radius 1 is 0.905 bits per heavy atom. The van der Waals surface area contributed by atoms with Gasteiger partial charge in [-0.05, 0) is 102 Å². The second-order valence-corrected chi connectivity index (χ2v) is 10.8. The number of amidine groups is 1. The molecule has 0 aliphatic carbocycles. The highest BCUT2D eigenvalue weighted by Gasteiger charge is 2.33. The Balaban J connectivity index is 1.31. The number of nitrogens with zero attached hydrogens (tertiary/aromatic N) is 2. The van der Waals surface area contributed by atoms with Gasteiger partial charge in [0, 0.05) is 5.69 Å². The first kappa shape index (κ1) is 28.7. The smallest absolute Gasteiger partial charge is 0.267 e. The first-order valence-corrected chi connectivity index (χ1v) is 14.3. The van der Waals surface area contributed by atoms with Crippen molar-refractivity contribution in [3.05, 3.63) is 124 Å². The minimum atomic E-state index is -0.250. The molecule has 1 fully saturated rings. The number of carbonyl (C=O) groups excluding carboxylic acids is 2. The van der Waals surface area contributed by atoms with Crippen molar-refractivity contribution in [2.45, 2.75) is 20.4 Å². The number of ether oxygens (including phenoxy) is 2. The molecule has 0 radical (unpaired) electrons. The summed E-state index contributed by atoms with van der Waals surface area (Å²) in [5.41, 5.74) is 5.51. The number of hydrogen-bond acceptors (Lipinski definition) is 6. The van der Waals surface area contributed by atoms with Gasteiger partial charge in [0.15, 0.2) is 11.8 Å². The van der Waals surface area contributed by atoms with Crippen molar-refractivity contribution in [2.24, 2.45) is 4.99 Å². The van der Waals surface area contributed by atoms with E-state index in [1.807, 2.05) is 111 Å². The minimum Gasteiger partial charge on any atom is -0.497 e. The molecule has 7 nitrogen and oxygen atoms in total. The lowest BCUT2D eigenvalue weighted by Crippen LogP contribution is -2.28. The number of hydrogen-bond donors (Lipinski definition) is 1. The Bertz CT molecular complexity index is 1650. The van der Waals surface area contributed by atoms with Crippen molar-refractivity contribution in [1.82, 2.24) is 4.90 Å². The highest BCUT2D eigenvalue weighted by Crippen LogP contribution is 2.35. The summed E-state index contributed by atoms with van der Waals surface area (Å²) in [6, 6.07) is 30.3. The van der Waals surface area contributed by atoms with E-state index in [-0.39, 0.29) is 18.4 Å². The van der Waals surface area contributed by atoms with E-state index in [4.69, 9.17) is 14.5 Å². The van der Waals surface area contributed by atoms with Crippen LogP contribution in [0.15, 0.2) is 107 Å². The molecule has 4 aromatic carbocycles. The number of para-hydroxylation sites is 1. The van der Waals surface area contributed by atoms with Gasteiger partial charge >= 0.3 is 0 Å². The van der Waals surface area contributed by atoms with Crippen LogP contribution in [0.5, 0.6) is 11.5 Å². The van der Waals surface area contributed by atoms with E-state index in [0.29, 0.717) is 22.4 Å². The molecule has 1 heterocycles. The van der Waals surface area contributed by atoms with Crippen molar-refractivity contribution in [1.29, 1.82) is 0 Å². The predicted molar refractivity (Wildman–Crippen MR) is 169 cm³/mol. The molecular weight excluding hydrogens is 546 g/mol. The summed E-state index contributed by atoms with van der Waals surface area (Å²) < 4.78 is 11.0. The molecule has 4 aromatic rings. The zero-order valence-corrected chi connectivity index (χ0v) is 24.5. The number of nitrogens with one attached hydrogen (secondary N) is 1. The number of benzene rings is 4. The SMILES string of the molecule is COc1ccc(CN2C(=O)/C(=C/c3cccc(OCC(=O)Nc4ccc(C)c(C)c4)c3)SC2=Nc2ccccc2)cc1. The lowest BCUT2D eigenvalue weighted by molar-refractivity contribution is -0.122. The van der Waals surface area contributed by atoms with Gasteiger partial charge in [0.2, 0.25) is 0 Å². The normalized spacial score (nSPS) is 14.8. The van der Waals surface area contributed by atoms with Gasteiger partial charge in [-0.1, -0.05) is 48.5 Å². The molecule has 0 bridgehead atoms. The third kappa shape index (κ3) is 7.27. The van der Waals surface area contributed by atoms with Crippen molar-refractivity contribution < 1.29 is 19.1 Å². The van der Waals surface area contributed by atoms with E-state index in [9.17, 15) is 9.59 Å². The highest BCUT2D eigenvalue weighted by molar-refractivity contribution is 8.18. The molecule has 2 amide bonds. The molecule has 0 unspecified atom stereocenters. The van der Waals surface area contributed by atoms with Gasteiger partial charge in [-0.3, -0.25) is 14.5 Å². The number of rotatable bonds is 9. The van der Waals surface area contributed by atoms with Gasteiger partial charge < -0.3 is 14.8 Å². The fourth-order valence-electron chi connectivity index (χ4n) is 4.27. The predicted octanol–water partition coefficient (Wildman–Crippen LogP) is 7.13. The standard InChI is InChI=1S/C34H31N3O4S/c1-23-12-15-28(18-24(23)2)35-32(38)22-41-30-11-7-8-26(19-30)20-31-33(39)37(21-25-13-16-29(40-3)17-14-25)34(42-31)36-27-9-5-4-6-10-27/h4-20H,21-22H2,1-3H3,(H,35,38)/b31-20-,36-34?. The summed E-state index contributed by atoms with van der Waals surface area (Å²) in [7, 11) is 1.62. The summed E-state index contributed by atoms with van der Waals surface area (Å²) in [5.74, 6) is 0.900. The Morgan fingerprint density at radius 3 is 2.43 bits per heavy atom. The maximum Gasteiger partial charge on any atom is 0.267 e. The maximum atomic E-state index is 13.6. The van der Waals surface area contributed by atoms with Crippen molar-refractivity contribution in [2.75, 3.05) is 19.0 Å². The zero-order chi connectivity index (χ0) is 29.5. The third-order valence-electron chi connectivity index (χ3n) is 6.69. The molecule has 42 heavy (non-hydrogen) atoms. The second kappa shape index (κ2) is 13.2. The molecule has 212 valence electrons. The van der Waals surface area contributed by atoms with Crippen LogP contribution in [0.3, 0.4) is 0 Å². The van der Waals surface area contributed by atoms with Crippen LogP contribution < -0.4 is 14.8 Å². The molecule has 8 heteroatoms. The summed E-state index contributed by atoms with van der Waals surface area (Å²) in [6.45, 7) is 4.27. The van der Waals surface area contributed by atoms with Crippen LogP contribution in [0, 0.1) is 13.8 Å². The monoisotopic (exact) mass is 577 g/mol. The number of amides is 2. The average molecular weight is 578 g/mol. The Hall–Kier alpha value is -4.82. The van der Waals surface area contributed by atoms with Crippen molar-refractivity contribution in [3.63, 3.8) is 0 Å². The van der Waals surface area contributed by atoms with Gasteiger partial charge in [0.25, 0.3) is 11.8 Å². The van der Waals surface area contributed by atoms with Crippen LogP contribution in [0.1, 0.15) is 22.3 Å². The molecule has 5 rings (SSSR count). The van der Waals surface area contributed by atoms with Gasteiger partial charge in [-0.25, -0.2) is 4.99 Å². The van der Waals surface area contributed by atoms with E-state index in [1.165, 1.54) is 11.8 Å². The van der Waals surface area contributed by atoms with E-state index >= 15 is 0 Å². The second-order valence-electron chi connectivity index (χ2n) is 9.79. The molecule has 1 saturated heterocycles. The number of aliphatic imine (C=N–C) groups is 1. The summed E-state index contributed by atoms with van der Waals surface area (Å²) in [4.78, 5) is 33.1. The number of carbonyl (C=O) groups is 2. The minimum absolute atomic E-state index is 0.135. The molecule has 0 saturated carbocycles. The van der Waals surface area contributed by atoms with E-state index in [2.05, 4.69) is 5.32 Å². The number of anilines is 1. The van der Waals surface area contributed by atoms with Crippen LogP contribution >= 0.6 is 11.8 Å². The molecule has 1 aliphatic heterocycles. The maximum absolute atomic E-state index is 13.6. The third-order valence-corrected chi connectivity index (χ3v) is 7.69. The van der Waals surface area contributed by atoms with E-state index in [0.717, 1.165) is 39.4 Å². The summed E-state index contributed by atoms with van der Waals surface area (Å²) in [6.07, 6.45) is 1.82. The first-order valence-electron chi connectivity index (χ1n) is 13.5. The molecule has 0 aromatic heterocycles. The van der Waals surface area contributed by atoms with Crippen LogP contribution in [-0.4, -0.2) is 35.6 Å². The number of thioether (sulfide) groups is 1. The molecule has 0 atom stereocenters. The fourth-order valence-corrected chi connectivity index (χ4v) is 5.27. The van der Waals surface area contributed by atoms with Gasteiger partial charge in [0.05, 0.1) is 24.2 Å². The Kier molecular flexibility index (Phi) is 9.04. The van der Waals surface area contributed by atoms with Crippen LogP contribution in [0.4, 0.5) is 11.4 Å². The van der Waals surface area contributed by atoms with E-state index in [1.54, 1.807) is 18.1 Å².